The van der Waals surface area contributed by atoms with Gasteiger partial charge in [-0.1, -0.05) is 30.3 Å². The molecule has 1 N–H and O–H groups in total. The molecule has 5 aromatic rings. The number of aromatic nitrogens is 7. The Hall–Kier alpha value is -4.40. The van der Waals surface area contributed by atoms with Crippen LogP contribution in [0.2, 0.25) is 0 Å². The second-order valence-corrected chi connectivity index (χ2v) is 8.80. The molecule has 9 nitrogen and oxygen atoms in total. The molecular formula is C26H24N8O. The van der Waals surface area contributed by atoms with Crippen LogP contribution in [0.3, 0.4) is 0 Å². The van der Waals surface area contributed by atoms with Gasteiger partial charge in [-0.05, 0) is 49.1 Å². The first kappa shape index (κ1) is 21.2. The van der Waals surface area contributed by atoms with E-state index in [4.69, 9.17) is 10.1 Å². The van der Waals surface area contributed by atoms with Crippen LogP contribution in [0.4, 0.5) is 0 Å². The van der Waals surface area contributed by atoms with E-state index < -0.39 is 0 Å². The molecule has 0 unspecified atom stereocenters. The highest BCUT2D eigenvalue weighted by molar-refractivity contribution is 6.06. The monoisotopic (exact) mass is 464 g/mol. The van der Waals surface area contributed by atoms with E-state index in [1.165, 1.54) is 6.33 Å². The van der Waals surface area contributed by atoms with Crippen LogP contribution in [0.5, 0.6) is 0 Å². The number of carbonyl (C=O) groups is 1. The standard InChI is InChI=1S/C26H24N8O/c1-17-24-21(26(35)29-13-19-6-2-3-7-20(19)14-33-16-27-15-30-33)12-22(18-9-10-18)31-25(24)34(32-17)23-8-4-5-11-28-23/h2-8,11-12,15-16,18H,9-10,13-14H2,1H3,(H,29,35). The van der Waals surface area contributed by atoms with Gasteiger partial charge in [0.15, 0.2) is 11.5 Å². The molecule has 4 heterocycles. The van der Waals surface area contributed by atoms with Gasteiger partial charge in [0.1, 0.15) is 12.7 Å². The lowest BCUT2D eigenvalue weighted by Crippen LogP contribution is -2.24. The molecule has 174 valence electrons. The molecule has 0 spiro atoms. The average Bonchev–Trinajstić information content (AvgIpc) is 3.52. The van der Waals surface area contributed by atoms with Gasteiger partial charge < -0.3 is 5.32 Å². The van der Waals surface area contributed by atoms with Gasteiger partial charge in [0.25, 0.3) is 5.91 Å². The van der Waals surface area contributed by atoms with Crippen LogP contribution < -0.4 is 5.32 Å². The minimum absolute atomic E-state index is 0.140. The fraction of sp³-hybridized carbons (Fsp3) is 0.231. The second kappa shape index (κ2) is 8.75. The fourth-order valence-electron chi connectivity index (χ4n) is 4.36. The summed E-state index contributed by atoms with van der Waals surface area (Å²) in [6.45, 7) is 2.90. The number of carbonyl (C=O) groups excluding carboxylic acids is 1. The van der Waals surface area contributed by atoms with E-state index in [9.17, 15) is 4.79 Å². The van der Waals surface area contributed by atoms with E-state index in [-0.39, 0.29) is 5.91 Å². The van der Waals surface area contributed by atoms with Gasteiger partial charge >= 0.3 is 0 Å². The lowest BCUT2D eigenvalue weighted by Gasteiger charge is -2.12. The molecule has 0 bridgehead atoms. The van der Waals surface area contributed by atoms with Crippen LogP contribution >= 0.6 is 0 Å². The van der Waals surface area contributed by atoms with Crippen LogP contribution in [-0.2, 0) is 13.1 Å². The van der Waals surface area contributed by atoms with Gasteiger partial charge in [0.05, 0.1) is 23.2 Å². The SMILES string of the molecule is Cc1nn(-c2ccccn2)c2nc(C3CC3)cc(C(=O)NCc3ccccc3Cn3cncn3)c12. The molecule has 0 aliphatic heterocycles. The van der Waals surface area contributed by atoms with Gasteiger partial charge in [0, 0.05) is 24.4 Å². The van der Waals surface area contributed by atoms with E-state index in [0.29, 0.717) is 36.0 Å². The first-order chi connectivity index (χ1) is 17.2. The average molecular weight is 465 g/mol. The summed E-state index contributed by atoms with van der Waals surface area (Å²) < 4.78 is 3.51. The Morgan fingerprint density at radius 3 is 2.69 bits per heavy atom. The van der Waals surface area contributed by atoms with E-state index in [0.717, 1.165) is 40.7 Å². The highest BCUT2D eigenvalue weighted by Crippen LogP contribution is 2.40. The summed E-state index contributed by atoms with van der Waals surface area (Å²) in [5.41, 5.74) is 5.07. The van der Waals surface area contributed by atoms with Crippen molar-refractivity contribution in [2.24, 2.45) is 0 Å². The molecule has 4 aromatic heterocycles. The summed E-state index contributed by atoms with van der Waals surface area (Å²) in [6.07, 6.45) is 7.11. The number of benzene rings is 1. The zero-order chi connectivity index (χ0) is 23.8. The van der Waals surface area contributed by atoms with Crippen molar-refractivity contribution in [3.8, 4) is 5.82 Å². The number of hydrogen-bond acceptors (Lipinski definition) is 6. The van der Waals surface area contributed by atoms with Gasteiger partial charge in [-0.2, -0.15) is 14.9 Å². The number of nitrogens with zero attached hydrogens (tertiary/aromatic N) is 7. The Morgan fingerprint density at radius 2 is 1.94 bits per heavy atom. The first-order valence-electron chi connectivity index (χ1n) is 11.7. The third-order valence-corrected chi connectivity index (χ3v) is 6.30. The first-order valence-corrected chi connectivity index (χ1v) is 11.7. The largest absolute Gasteiger partial charge is 0.348 e. The molecule has 1 aliphatic carbocycles. The lowest BCUT2D eigenvalue weighted by molar-refractivity contribution is 0.0952. The summed E-state index contributed by atoms with van der Waals surface area (Å²) >= 11 is 0. The van der Waals surface area contributed by atoms with Crippen molar-refractivity contribution in [3.63, 3.8) is 0 Å². The maximum atomic E-state index is 13.5. The highest BCUT2D eigenvalue weighted by Gasteiger charge is 2.29. The molecule has 0 saturated heterocycles. The van der Waals surface area contributed by atoms with Crippen molar-refractivity contribution in [1.29, 1.82) is 0 Å². The maximum Gasteiger partial charge on any atom is 0.252 e. The minimum Gasteiger partial charge on any atom is -0.348 e. The third kappa shape index (κ3) is 4.16. The van der Waals surface area contributed by atoms with Crippen LogP contribution in [0.15, 0.2) is 67.4 Å². The predicted molar refractivity (Wildman–Crippen MR) is 130 cm³/mol. The Balaban J connectivity index is 1.34. The molecule has 1 amide bonds. The molecular weight excluding hydrogens is 440 g/mol. The zero-order valence-electron chi connectivity index (χ0n) is 19.3. The number of nitrogens with one attached hydrogen (secondary N) is 1. The van der Waals surface area contributed by atoms with Crippen LogP contribution in [0.1, 0.15) is 51.6 Å². The molecule has 0 radical (unpaired) electrons. The van der Waals surface area contributed by atoms with Crippen molar-refractivity contribution >= 4 is 16.9 Å². The molecule has 1 saturated carbocycles. The molecule has 0 atom stereocenters. The molecule has 1 fully saturated rings. The van der Waals surface area contributed by atoms with Crippen molar-refractivity contribution in [2.45, 2.75) is 38.8 Å². The van der Waals surface area contributed by atoms with E-state index in [2.05, 4.69) is 20.4 Å². The van der Waals surface area contributed by atoms with Gasteiger partial charge in [-0.15, -0.1) is 0 Å². The summed E-state index contributed by atoms with van der Waals surface area (Å²) in [5, 5.41) is 12.8. The van der Waals surface area contributed by atoms with E-state index in [1.807, 2.05) is 55.5 Å². The summed E-state index contributed by atoms with van der Waals surface area (Å²) in [5.74, 6) is 0.930. The Morgan fingerprint density at radius 1 is 1.11 bits per heavy atom. The van der Waals surface area contributed by atoms with E-state index in [1.54, 1.807) is 21.9 Å². The Labute approximate surface area is 201 Å². The van der Waals surface area contributed by atoms with Crippen molar-refractivity contribution < 1.29 is 4.79 Å². The molecule has 9 heteroatoms. The Bertz CT molecular complexity index is 1500. The Kier molecular flexibility index (Phi) is 5.29. The third-order valence-electron chi connectivity index (χ3n) is 6.30. The summed E-state index contributed by atoms with van der Waals surface area (Å²) in [4.78, 5) is 26.9. The second-order valence-electron chi connectivity index (χ2n) is 8.80. The number of fused-ring (bicyclic) bond motifs is 1. The van der Waals surface area contributed by atoms with Gasteiger partial charge in [-0.3, -0.25) is 4.79 Å². The summed E-state index contributed by atoms with van der Waals surface area (Å²) in [7, 11) is 0. The lowest BCUT2D eigenvalue weighted by atomic mass is 10.1. The smallest absolute Gasteiger partial charge is 0.252 e. The predicted octanol–water partition coefficient (Wildman–Crippen LogP) is 3.57. The zero-order valence-corrected chi connectivity index (χ0v) is 19.3. The van der Waals surface area contributed by atoms with Crippen molar-refractivity contribution in [2.75, 3.05) is 0 Å². The number of amides is 1. The van der Waals surface area contributed by atoms with Crippen LogP contribution in [0, 0.1) is 6.92 Å². The highest BCUT2D eigenvalue weighted by atomic mass is 16.1. The topological polar surface area (TPSA) is 103 Å². The van der Waals surface area contributed by atoms with Crippen LogP contribution in [0.25, 0.3) is 16.9 Å². The summed E-state index contributed by atoms with van der Waals surface area (Å²) in [6, 6.07) is 15.6. The quantitative estimate of drug-likeness (QED) is 0.395. The van der Waals surface area contributed by atoms with Gasteiger partial charge in [-0.25, -0.2) is 19.6 Å². The number of aryl methyl sites for hydroxylation is 1. The normalized spacial score (nSPS) is 13.3. The molecule has 1 aromatic carbocycles. The van der Waals surface area contributed by atoms with Crippen LogP contribution in [-0.4, -0.2) is 40.4 Å². The minimum atomic E-state index is -0.140. The van der Waals surface area contributed by atoms with Crippen molar-refractivity contribution in [1.82, 2.24) is 39.8 Å². The van der Waals surface area contributed by atoms with E-state index >= 15 is 0 Å². The van der Waals surface area contributed by atoms with Gasteiger partial charge in [0.2, 0.25) is 0 Å². The fourth-order valence-corrected chi connectivity index (χ4v) is 4.36. The van der Waals surface area contributed by atoms with Crippen molar-refractivity contribution in [3.05, 3.63) is 95.5 Å². The maximum absolute atomic E-state index is 13.5. The molecule has 1 aliphatic rings. The number of hydrogen-bond donors (Lipinski definition) is 1. The number of pyridine rings is 2. The molecule has 35 heavy (non-hydrogen) atoms. The molecule has 6 rings (SSSR count). The number of rotatable bonds is 7.